The van der Waals surface area contributed by atoms with E-state index >= 15 is 0 Å². The molecule has 2 aromatic carbocycles. The van der Waals surface area contributed by atoms with Gasteiger partial charge in [-0.1, -0.05) is 31.2 Å². The Bertz CT molecular complexity index is 988. The lowest BCUT2D eigenvalue weighted by atomic mass is 10.1. The van der Waals surface area contributed by atoms with Gasteiger partial charge in [-0.15, -0.1) is 0 Å². The molecule has 2 aromatic rings. The monoisotopic (exact) mass is 433 g/mol. The van der Waals surface area contributed by atoms with Crippen molar-refractivity contribution in [2.75, 3.05) is 25.0 Å². The fourth-order valence-electron chi connectivity index (χ4n) is 3.44. The summed E-state index contributed by atoms with van der Waals surface area (Å²) in [6.07, 6.45) is 2.52. The van der Waals surface area contributed by atoms with E-state index in [0.717, 1.165) is 36.5 Å². The van der Waals surface area contributed by atoms with E-state index in [9.17, 15) is 18.5 Å². The second-order valence-electron chi connectivity index (χ2n) is 7.22. The van der Waals surface area contributed by atoms with Crippen LogP contribution in [0.5, 0.6) is 0 Å². The standard InChI is InChI=1S/C21H27N3O5S/c1-2-13-29-16-18-8-4-3-7-17(18)15-22-20-10-9-19(24(25)26)14-21(20)30(27,28)23-11-5-6-12-23/h3-4,7-10,14,22H,2,5-6,11-13,15-16H2,1H3. The van der Waals surface area contributed by atoms with Crippen molar-refractivity contribution in [3.8, 4) is 0 Å². The number of nitrogens with zero attached hydrogens (tertiary/aromatic N) is 2. The van der Waals surface area contributed by atoms with Crippen LogP contribution in [0.3, 0.4) is 0 Å². The molecular weight excluding hydrogens is 406 g/mol. The Morgan fingerprint density at radius 2 is 1.83 bits per heavy atom. The van der Waals surface area contributed by atoms with E-state index in [-0.39, 0.29) is 10.6 Å². The summed E-state index contributed by atoms with van der Waals surface area (Å²) in [7, 11) is -3.82. The predicted molar refractivity (Wildman–Crippen MR) is 115 cm³/mol. The average Bonchev–Trinajstić information content (AvgIpc) is 3.29. The number of ether oxygens (including phenoxy) is 1. The molecule has 8 nitrogen and oxygen atoms in total. The Morgan fingerprint density at radius 1 is 1.13 bits per heavy atom. The first-order chi connectivity index (χ1) is 14.4. The zero-order valence-electron chi connectivity index (χ0n) is 17.0. The van der Waals surface area contributed by atoms with Crippen LogP contribution in [0, 0.1) is 10.1 Å². The Morgan fingerprint density at radius 3 is 2.50 bits per heavy atom. The molecule has 1 heterocycles. The number of nitro benzene ring substituents is 1. The van der Waals surface area contributed by atoms with Gasteiger partial charge in [0, 0.05) is 38.4 Å². The largest absolute Gasteiger partial charge is 0.380 e. The topological polar surface area (TPSA) is 102 Å². The number of sulfonamides is 1. The molecule has 1 saturated heterocycles. The molecule has 1 fully saturated rings. The molecule has 0 amide bonds. The Labute approximate surface area is 177 Å². The lowest BCUT2D eigenvalue weighted by molar-refractivity contribution is -0.385. The summed E-state index contributed by atoms with van der Waals surface area (Å²) in [6, 6.07) is 11.7. The summed E-state index contributed by atoms with van der Waals surface area (Å²) >= 11 is 0. The van der Waals surface area contributed by atoms with Crippen molar-refractivity contribution < 1.29 is 18.1 Å². The first-order valence-electron chi connectivity index (χ1n) is 10.1. The van der Waals surface area contributed by atoms with Crippen LogP contribution in [0.4, 0.5) is 11.4 Å². The van der Waals surface area contributed by atoms with Crippen LogP contribution in [-0.2, 0) is 27.9 Å². The minimum absolute atomic E-state index is 0.0571. The number of hydrogen-bond donors (Lipinski definition) is 1. The van der Waals surface area contributed by atoms with Crippen molar-refractivity contribution in [3.63, 3.8) is 0 Å². The van der Waals surface area contributed by atoms with E-state index in [2.05, 4.69) is 5.32 Å². The number of benzene rings is 2. The second-order valence-corrected chi connectivity index (χ2v) is 9.13. The van der Waals surface area contributed by atoms with Gasteiger partial charge in [0.15, 0.2) is 0 Å². The van der Waals surface area contributed by atoms with Gasteiger partial charge in [0.25, 0.3) is 5.69 Å². The minimum Gasteiger partial charge on any atom is -0.380 e. The molecule has 1 aliphatic rings. The third kappa shape index (κ3) is 5.16. The third-order valence-corrected chi connectivity index (χ3v) is 6.99. The Hall–Kier alpha value is -2.49. The summed E-state index contributed by atoms with van der Waals surface area (Å²) in [4.78, 5) is 10.6. The number of nitro groups is 1. The molecular formula is C21H27N3O5S. The van der Waals surface area contributed by atoms with Crippen LogP contribution >= 0.6 is 0 Å². The van der Waals surface area contributed by atoms with Gasteiger partial charge in [0.1, 0.15) is 4.90 Å². The molecule has 3 rings (SSSR count). The van der Waals surface area contributed by atoms with Gasteiger partial charge in [-0.25, -0.2) is 8.42 Å². The molecule has 1 N–H and O–H groups in total. The molecule has 162 valence electrons. The number of hydrogen-bond acceptors (Lipinski definition) is 6. The summed E-state index contributed by atoms with van der Waals surface area (Å²) in [5.41, 5.74) is 2.12. The second kappa shape index (κ2) is 10.0. The van der Waals surface area contributed by atoms with E-state index in [1.165, 1.54) is 16.4 Å². The molecule has 0 radical (unpaired) electrons. The van der Waals surface area contributed by atoms with Gasteiger partial charge in [-0.05, 0) is 36.5 Å². The van der Waals surface area contributed by atoms with Crippen LogP contribution in [0.25, 0.3) is 0 Å². The zero-order valence-corrected chi connectivity index (χ0v) is 17.9. The fraction of sp³-hybridized carbons (Fsp3) is 0.429. The first-order valence-corrected chi connectivity index (χ1v) is 11.5. The molecule has 0 spiro atoms. The fourth-order valence-corrected chi connectivity index (χ4v) is 5.14. The maximum Gasteiger partial charge on any atom is 0.270 e. The third-order valence-electron chi connectivity index (χ3n) is 5.05. The van der Waals surface area contributed by atoms with E-state index in [0.29, 0.717) is 38.5 Å². The lowest BCUT2D eigenvalue weighted by Gasteiger charge is -2.19. The Balaban J connectivity index is 1.87. The van der Waals surface area contributed by atoms with Crippen molar-refractivity contribution in [2.45, 2.75) is 44.2 Å². The maximum absolute atomic E-state index is 13.1. The highest BCUT2D eigenvalue weighted by atomic mass is 32.2. The summed E-state index contributed by atoms with van der Waals surface area (Å²) in [6.45, 7) is 4.44. The van der Waals surface area contributed by atoms with Gasteiger partial charge in [0.2, 0.25) is 10.0 Å². The number of rotatable bonds is 10. The summed E-state index contributed by atoms with van der Waals surface area (Å²) < 4.78 is 33.3. The molecule has 0 saturated carbocycles. The van der Waals surface area contributed by atoms with E-state index < -0.39 is 14.9 Å². The van der Waals surface area contributed by atoms with Crippen LogP contribution < -0.4 is 5.32 Å². The van der Waals surface area contributed by atoms with Crippen molar-refractivity contribution in [1.29, 1.82) is 0 Å². The molecule has 0 atom stereocenters. The van der Waals surface area contributed by atoms with Crippen LogP contribution in [0.2, 0.25) is 0 Å². The van der Waals surface area contributed by atoms with Crippen molar-refractivity contribution in [3.05, 3.63) is 63.7 Å². The predicted octanol–water partition coefficient (Wildman–Crippen LogP) is 3.92. The van der Waals surface area contributed by atoms with E-state index in [1.807, 2.05) is 31.2 Å². The highest BCUT2D eigenvalue weighted by Gasteiger charge is 2.31. The van der Waals surface area contributed by atoms with E-state index in [1.54, 1.807) is 0 Å². The zero-order chi connectivity index (χ0) is 21.6. The maximum atomic E-state index is 13.1. The number of anilines is 1. The first kappa shape index (κ1) is 22.2. The molecule has 0 aliphatic carbocycles. The highest BCUT2D eigenvalue weighted by molar-refractivity contribution is 7.89. The quantitative estimate of drug-likeness (QED) is 0.346. The van der Waals surface area contributed by atoms with E-state index in [4.69, 9.17) is 4.74 Å². The normalized spacial score (nSPS) is 14.7. The van der Waals surface area contributed by atoms with Crippen molar-refractivity contribution >= 4 is 21.4 Å². The highest BCUT2D eigenvalue weighted by Crippen LogP contribution is 2.31. The summed E-state index contributed by atoms with van der Waals surface area (Å²) in [5.74, 6) is 0. The lowest BCUT2D eigenvalue weighted by Crippen LogP contribution is -2.28. The minimum atomic E-state index is -3.82. The Kier molecular flexibility index (Phi) is 7.41. The van der Waals surface area contributed by atoms with Gasteiger partial charge < -0.3 is 10.1 Å². The SMILES string of the molecule is CCCOCc1ccccc1CNc1ccc([N+](=O)[O-])cc1S(=O)(=O)N1CCCC1. The van der Waals surface area contributed by atoms with Gasteiger partial charge >= 0.3 is 0 Å². The van der Waals surface area contributed by atoms with Gasteiger partial charge in [0.05, 0.1) is 17.2 Å². The molecule has 9 heteroatoms. The average molecular weight is 434 g/mol. The molecule has 0 bridgehead atoms. The van der Waals surface area contributed by atoms with Gasteiger partial charge in [-0.2, -0.15) is 4.31 Å². The van der Waals surface area contributed by atoms with Crippen molar-refractivity contribution in [1.82, 2.24) is 4.31 Å². The molecule has 0 unspecified atom stereocenters. The van der Waals surface area contributed by atoms with Crippen LogP contribution in [0.1, 0.15) is 37.3 Å². The van der Waals surface area contributed by atoms with Crippen LogP contribution in [-0.4, -0.2) is 37.3 Å². The molecule has 0 aromatic heterocycles. The summed E-state index contributed by atoms with van der Waals surface area (Å²) in [5, 5.41) is 14.4. The smallest absolute Gasteiger partial charge is 0.270 e. The number of nitrogens with one attached hydrogen (secondary N) is 1. The van der Waals surface area contributed by atoms with Crippen molar-refractivity contribution in [2.24, 2.45) is 0 Å². The van der Waals surface area contributed by atoms with Gasteiger partial charge in [-0.3, -0.25) is 10.1 Å². The molecule has 30 heavy (non-hydrogen) atoms. The van der Waals surface area contributed by atoms with Crippen LogP contribution in [0.15, 0.2) is 47.4 Å². The molecule has 1 aliphatic heterocycles. The number of non-ortho nitro benzene ring substituents is 1.